The molecule has 0 spiro atoms. The topological polar surface area (TPSA) is 100 Å². The molecule has 1 fully saturated rings. The number of benzene rings is 3. The number of rotatable bonds is 8. The average Bonchev–Trinajstić information content (AvgIpc) is 3.33. The Labute approximate surface area is 220 Å². The summed E-state index contributed by atoms with van der Waals surface area (Å²) in [5, 5.41) is 21.3. The van der Waals surface area contributed by atoms with Crippen LogP contribution in [0.3, 0.4) is 0 Å². The maximum Gasteiger partial charge on any atom is 0.247 e. The number of carbonyl (C=O) groups excluding carboxylic acids is 2. The van der Waals surface area contributed by atoms with E-state index in [2.05, 4.69) is 15.6 Å². The van der Waals surface area contributed by atoms with Crippen LogP contribution in [0.25, 0.3) is 11.0 Å². The van der Waals surface area contributed by atoms with E-state index < -0.39 is 6.04 Å². The molecule has 9 heteroatoms. The summed E-state index contributed by atoms with van der Waals surface area (Å²) in [6, 6.07) is 18.6. The van der Waals surface area contributed by atoms with Crippen molar-refractivity contribution in [3.63, 3.8) is 0 Å². The number of nitrogens with zero attached hydrogens (tertiary/aromatic N) is 4. The van der Waals surface area contributed by atoms with Gasteiger partial charge in [-0.25, -0.2) is 9.07 Å². The molecule has 8 nitrogen and oxygen atoms in total. The molecular weight excluding hydrogens is 485 g/mol. The van der Waals surface area contributed by atoms with Crippen molar-refractivity contribution in [2.45, 2.75) is 57.3 Å². The largest absolute Gasteiger partial charge is 0.508 e. The van der Waals surface area contributed by atoms with Crippen molar-refractivity contribution in [2.24, 2.45) is 0 Å². The van der Waals surface area contributed by atoms with Crippen molar-refractivity contribution >= 4 is 22.8 Å². The van der Waals surface area contributed by atoms with Crippen LogP contribution in [0.4, 0.5) is 4.39 Å². The van der Waals surface area contributed by atoms with Crippen molar-refractivity contribution in [3.8, 4) is 5.75 Å². The molecule has 38 heavy (non-hydrogen) atoms. The number of carbonyl (C=O) groups is 2. The molecule has 0 bridgehead atoms. The molecule has 0 aliphatic heterocycles. The summed E-state index contributed by atoms with van der Waals surface area (Å²) >= 11 is 0. The normalized spacial score (nSPS) is 14.8. The maximum atomic E-state index is 13.9. The predicted octanol–water partition coefficient (Wildman–Crippen LogP) is 4.50. The first kappa shape index (κ1) is 25.4. The monoisotopic (exact) mass is 515 g/mol. The quantitative estimate of drug-likeness (QED) is 0.360. The molecule has 3 aromatic carbocycles. The number of nitrogens with one attached hydrogen (secondary N) is 1. The van der Waals surface area contributed by atoms with E-state index in [-0.39, 0.29) is 42.5 Å². The van der Waals surface area contributed by atoms with Crippen LogP contribution in [0.1, 0.15) is 49.3 Å². The fraction of sp³-hybridized carbons (Fsp3) is 0.310. The third-order valence-corrected chi connectivity index (χ3v) is 7.01. The molecule has 1 aliphatic carbocycles. The lowest BCUT2D eigenvalue weighted by Crippen LogP contribution is -2.47. The molecule has 1 aliphatic rings. The molecule has 4 aromatic rings. The first-order valence-corrected chi connectivity index (χ1v) is 12.9. The maximum absolute atomic E-state index is 13.9. The fourth-order valence-electron chi connectivity index (χ4n) is 5.02. The van der Waals surface area contributed by atoms with Gasteiger partial charge in [-0.1, -0.05) is 60.9 Å². The lowest BCUT2D eigenvalue weighted by atomic mass is 9.94. The second-order valence-electron chi connectivity index (χ2n) is 9.72. The highest BCUT2D eigenvalue weighted by Crippen LogP contribution is 2.28. The van der Waals surface area contributed by atoms with E-state index >= 15 is 0 Å². The number of aromatic nitrogens is 3. The van der Waals surface area contributed by atoms with E-state index in [1.54, 1.807) is 24.3 Å². The van der Waals surface area contributed by atoms with Crippen LogP contribution >= 0.6 is 0 Å². The lowest BCUT2D eigenvalue weighted by molar-refractivity contribution is -0.142. The van der Waals surface area contributed by atoms with Gasteiger partial charge in [0.1, 0.15) is 29.7 Å². The predicted molar refractivity (Wildman–Crippen MR) is 140 cm³/mol. The third kappa shape index (κ3) is 5.82. The first-order valence-electron chi connectivity index (χ1n) is 12.9. The van der Waals surface area contributed by atoms with Crippen molar-refractivity contribution in [1.82, 2.24) is 25.2 Å². The van der Waals surface area contributed by atoms with Crippen molar-refractivity contribution in [3.05, 3.63) is 89.7 Å². The molecule has 2 N–H and O–H groups in total. The zero-order valence-corrected chi connectivity index (χ0v) is 21.0. The van der Waals surface area contributed by atoms with Crippen molar-refractivity contribution < 1.29 is 19.1 Å². The standard InChI is InChI=1S/C29H30FN5O3/c30-22-14-10-20(11-15-22)18-34(27(37)19-35-26-9-5-4-8-25(26)32-33-35)28(21-12-16-24(36)17-13-21)29(38)31-23-6-2-1-3-7-23/h4-5,8-17,23,28,36H,1-3,6-7,18-19H2,(H,31,38)/t28-/m0/s1. The number of hydrogen-bond donors (Lipinski definition) is 2. The minimum atomic E-state index is -0.968. The summed E-state index contributed by atoms with van der Waals surface area (Å²) in [5.74, 6) is -0.958. The Morgan fingerprint density at radius 3 is 2.45 bits per heavy atom. The van der Waals surface area contributed by atoms with E-state index in [0.717, 1.165) is 32.1 Å². The number of hydrogen-bond acceptors (Lipinski definition) is 5. The summed E-state index contributed by atoms with van der Waals surface area (Å²) in [4.78, 5) is 29.3. The second-order valence-corrected chi connectivity index (χ2v) is 9.72. The number of para-hydroxylation sites is 1. The summed E-state index contributed by atoms with van der Waals surface area (Å²) in [6.07, 6.45) is 5.03. The number of amides is 2. The van der Waals surface area contributed by atoms with Gasteiger partial charge in [-0.05, 0) is 60.4 Å². The van der Waals surface area contributed by atoms with Gasteiger partial charge in [0.05, 0.1) is 5.52 Å². The van der Waals surface area contributed by atoms with Crippen LogP contribution in [-0.4, -0.2) is 42.9 Å². The SMILES string of the molecule is O=C(NC1CCCCC1)[C@H](c1ccc(O)cc1)N(Cc1ccc(F)cc1)C(=O)Cn1nnc2ccccc21. The molecule has 196 valence electrons. The molecule has 5 rings (SSSR count). The van der Waals surface area contributed by atoms with Crippen LogP contribution in [0.5, 0.6) is 5.75 Å². The van der Waals surface area contributed by atoms with E-state index in [1.165, 1.54) is 33.8 Å². The zero-order chi connectivity index (χ0) is 26.5. The van der Waals surface area contributed by atoms with Crippen LogP contribution in [0.2, 0.25) is 0 Å². The minimum absolute atomic E-state index is 0.0397. The average molecular weight is 516 g/mol. The fourth-order valence-corrected chi connectivity index (χ4v) is 5.02. The Kier molecular flexibility index (Phi) is 7.62. The van der Waals surface area contributed by atoms with Gasteiger partial charge in [-0.15, -0.1) is 5.10 Å². The van der Waals surface area contributed by atoms with E-state index in [1.807, 2.05) is 24.3 Å². The van der Waals surface area contributed by atoms with Crippen LogP contribution in [0, 0.1) is 5.82 Å². The van der Waals surface area contributed by atoms with Crippen LogP contribution < -0.4 is 5.32 Å². The Balaban J connectivity index is 1.51. The Morgan fingerprint density at radius 1 is 1.00 bits per heavy atom. The number of phenols is 1. The Morgan fingerprint density at radius 2 is 1.71 bits per heavy atom. The zero-order valence-electron chi connectivity index (χ0n) is 21.0. The Bertz CT molecular complexity index is 1400. The van der Waals surface area contributed by atoms with Gasteiger partial charge in [0, 0.05) is 12.6 Å². The number of halogens is 1. The van der Waals surface area contributed by atoms with Gasteiger partial charge in [-0.2, -0.15) is 0 Å². The third-order valence-electron chi connectivity index (χ3n) is 7.01. The Hall–Kier alpha value is -4.27. The highest BCUT2D eigenvalue weighted by atomic mass is 19.1. The molecule has 1 heterocycles. The van der Waals surface area contributed by atoms with Crippen molar-refractivity contribution in [2.75, 3.05) is 0 Å². The summed E-state index contributed by atoms with van der Waals surface area (Å²) in [6.45, 7) is -0.0532. The molecule has 1 saturated carbocycles. The summed E-state index contributed by atoms with van der Waals surface area (Å²) in [5.41, 5.74) is 2.61. The van der Waals surface area contributed by atoms with Gasteiger partial charge < -0.3 is 15.3 Å². The molecule has 1 aromatic heterocycles. The van der Waals surface area contributed by atoms with Gasteiger partial charge in [0.25, 0.3) is 0 Å². The number of fused-ring (bicyclic) bond motifs is 1. The van der Waals surface area contributed by atoms with Crippen LogP contribution in [-0.2, 0) is 22.7 Å². The summed E-state index contributed by atoms with van der Waals surface area (Å²) < 4.78 is 15.2. The molecule has 0 unspecified atom stereocenters. The van der Waals surface area contributed by atoms with Gasteiger partial charge in [0.2, 0.25) is 11.8 Å². The molecule has 2 amide bonds. The molecule has 0 saturated heterocycles. The van der Waals surface area contributed by atoms with Crippen molar-refractivity contribution in [1.29, 1.82) is 0 Å². The van der Waals surface area contributed by atoms with E-state index in [9.17, 15) is 19.1 Å². The highest BCUT2D eigenvalue weighted by Gasteiger charge is 2.33. The molecule has 1 atom stereocenters. The highest BCUT2D eigenvalue weighted by molar-refractivity contribution is 5.89. The van der Waals surface area contributed by atoms with E-state index in [4.69, 9.17) is 0 Å². The van der Waals surface area contributed by atoms with Gasteiger partial charge >= 0.3 is 0 Å². The number of aromatic hydroxyl groups is 1. The van der Waals surface area contributed by atoms with E-state index in [0.29, 0.717) is 22.2 Å². The first-order chi connectivity index (χ1) is 18.5. The minimum Gasteiger partial charge on any atom is -0.508 e. The smallest absolute Gasteiger partial charge is 0.247 e. The second kappa shape index (κ2) is 11.4. The number of phenolic OH excluding ortho intramolecular Hbond substituents is 1. The van der Waals surface area contributed by atoms with Gasteiger partial charge in [-0.3, -0.25) is 9.59 Å². The van der Waals surface area contributed by atoms with Crippen LogP contribution in [0.15, 0.2) is 72.8 Å². The van der Waals surface area contributed by atoms with Gasteiger partial charge in [0.15, 0.2) is 0 Å². The molecule has 0 radical (unpaired) electrons. The summed E-state index contributed by atoms with van der Waals surface area (Å²) in [7, 11) is 0. The lowest BCUT2D eigenvalue weighted by Gasteiger charge is -2.33. The molecular formula is C29H30FN5O3.